The zero-order valence-corrected chi connectivity index (χ0v) is 10.6. The maximum atomic E-state index is 11.3. The van der Waals surface area contributed by atoms with Crippen molar-refractivity contribution < 1.29 is 0 Å². The maximum absolute atomic E-state index is 11.3. The molecule has 0 aliphatic rings. The van der Waals surface area contributed by atoms with Crippen molar-refractivity contribution >= 4 is 0 Å². The monoisotopic (exact) mass is 228 g/mol. The highest BCUT2D eigenvalue weighted by Gasteiger charge is 2.05. The van der Waals surface area contributed by atoms with E-state index in [9.17, 15) is 4.79 Å². The Morgan fingerprint density at radius 2 is 1.65 bits per heavy atom. The molecule has 0 saturated carbocycles. The molecule has 0 spiro atoms. The number of aromatic nitrogens is 2. The molecule has 0 amide bonds. The van der Waals surface area contributed by atoms with Crippen LogP contribution in [-0.2, 0) is 7.05 Å². The smallest absolute Gasteiger partial charge is 0.266 e. The molecule has 0 bridgehead atoms. The van der Waals surface area contributed by atoms with Gasteiger partial charge in [-0.1, -0.05) is 0 Å². The minimum atomic E-state index is -0.0886. The number of aryl methyl sites for hydroxylation is 3. The number of hydrogen-bond acceptors (Lipinski definition) is 2. The van der Waals surface area contributed by atoms with Crippen LogP contribution in [0.4, 0.5) is 0 Å². The Hall–Kier alpha value is -1.90. The Balaban J connectivity index is 2.61. The molecule has 1 aromatic heterocycles. The van der Waals surface area contributed by atoms with Gasteiger partial charge in [-0.2, -0.15) is 5.10 Å². The Morgan fingerprint density at radius 3 is 2.18 bits per heavy atom. The van der Waals surface area contributed by atoms with Crippen LogP contribution >= 0.6 is 0 Å². The lowest BCUT2D eigenvalue weighted by Gasteiger charge is -2.09. The first-order valence-electron chi connectivity index (χ1n) is 5.61. The predicted molar refractivity (Wildman–Crippen MR) is 69.1 cm³/mol. The van der Waals surface area contributed by atoms with E-state index in [1.807, 2.05) is 0 Å². The van der Waals surface area contributed by atoms with Crippen molar-refractivity contribution in [2.24, 2.45) is 7.05 Å². The minimum absolute atomic E-state index is 0.0886. The molecule has 0 aliphatic carbocycles. The SMILES string of the molecule is Cc1cc(-c2ccc(=O)n(C)n2)cc(C)c1C. The largest absolute Gasteiger partial charge is 0.268 e. The molecule has 3 heteroatoms. The maximum Gasteiger partial charge on any atom is 0.266 e. The predicted octanol–water partition coefficient (Wildman–Crippen LogP) is 2.37. The summed E-state index contributed by atoms with van der Waals surface area (Å²) in [5.74, 6) is 0. The summed E-state index contributed by atoms with van der Waals surface area (Å²) < 4.78 is 1.36. The summed E-state index contributed by atoms with van der Waals surface area (Å²) in [6, 6.07) is 7.53. The lowest BCUT2D eigenvalue weighted by atomic mass is 9.99. The highest BCUT2D eigenvalue weighted by atomic mass is 16.1. The van der Waals surface area contributed by atoms with E-state index in [1.165, 1.54) is 21.4 Å². The average Bonchev–Trinajstić information content (AvgIpc) is 2.29. The van der Waals surface area contributed by atoms with Gasteiger partial charge in [0.05, 0.1) is 5.69 Å². The quantitative estimate of drug-likeness (QED) is 0.751. The summed E-state index contributed by atoms with van der Waals surface area (Å²) in [5.41, 5.74) is 5.60. The summed E-state index contributed by atoms with van der Waals surface area (Å²) in [5, 5.41) is 4.26. The van der Waals surface area contributed by atoms with Crippen molar-refractivity contribution in [3.8, 4) is 11.3 Å². The molecule has 0 saturated heterocycles. The van der Waals surface area contributed by atoms with E-state index in [1.54, 1.807) is 19.2 Å². The molecule has 1 aromatic carbocycles. The van der Waals surface area contributed by atoms with E-state index in [-0.39, 0.29) is 5.56 Å². The van der Waals surface area contributed by atoms with Crippen molar-refractivity contribution in [2.75, 3.05) is 0 Å². The topological polar surface area (TPSA) is 34.9 Å². The first kappa shape index (κ1) is 11.6. The molecule has 0 aliphatic heterocycles. The van der Waals surface area contributed by atoms with Crippen LogP contribution in [0, 0.1) is 20.8 Å². The van der Waals surface area contributed by atoms with Gasteiger partial charge in [-0.25, -0.2) is 4.68 Å². The summed E-state index contributed by atoms with van der Waals surface area (Å²) in [7, 11) is 1.67. The van der Waals surface area contributed by atoms with Gasteiger partial charge in [0, 0.05) is 18.7 Å². The second kappa shape index (κ2) is 4.17. The third kappa shape index (κ3) is 2.13. The second-order valence-corrected chi connectivity index (χ2v) is 4.42. The molecule has 0 radical (unpaired) electrons. The molecule has 2 aromatic rings. The second-order valence-electron chi connectivity index (χ2n) is 4.42. The summed E-state index contributed by atoms with van der Waals surface area (Å²) in [4.78, 5) is 11.3. The van der Waals surface area contributed by atoms with E-state index in [0.717, 1.165) is 11.3 Å². The van der Waals surface area contributed by atoms with Gasteiger partial charge in [0.1, 0.15) is 0 Å². The van der Waals surface area contributed by atoms with Gasteiger partial charge < -0.3 is 0 Å². The third-order valence-corrected chi connectivity index (χ3v) is 3.18. The van der Waals surface area contributed by atoms with Gasteiger partial charge in [0.2, 0.25) is 0 Å². The molecule has 0 atom stereocenters. The van der Waals surface area contributed by atoms with Crippen molar-refractivity contribution in [3.05, 3.63) is 51.3 Å². The van der Waals surface area contributed by atoms with Gasteiger partial charge in [-0.3, -0.25) is 4.79 Å². The molecular weight excluding hydrogens is 212 g/mol. The van der Waals surface area contributed by atoms with Crippen LogP contribution in [-0.4, -0.2) is 9.78 Å². The highest BCUT2D eigenvalue weighted by molar-refractivity contribution is 5.62. The van der Waals surface area contributed by atoms with Gasteiger partial charge >= 0.3 is 0 Å². The summed E-state index contributed by atoms with van der Waals surface area (Å²) >= 11 is 0. The molecule has 0 N–H and O–H groups in total. The lowest BCUT2D eigenvalue weighted by molar-refractivity contribution is 0.712. The van der Waals surface area contributed by atoms with Crippen LogP contribution < -0.4 is 5.56 Å². The Kier molecular flexibility index (Phi) is 2.84. The van der Waals surface area contributed by atoms with Gasteiger partial charge in [0.25, 0.3) is 5.56 Å². The first-order valence-corrected chi connectivity index (χ1v) is 5.61. The van der Waals surface area contributed by atoms with Gasteiger partial charge in [-0.15, -0.1) is 0 Å². The van der Waals surface area contributed by atoms with E-state index >= 15 is 0 Å². The fourth-order valence-electron chi connectivity index (χ4n) is 1.84. The lowest BCUT2D eigenvalue weighted by Crippen LogP contribution is -2.18. The number of nitrogens with zero attached hydrogens (tertiary/aromatic N) is 2. The van der Waals surface area contributed by atoms with Crippen molar-refractivity contribution in [1.29, 1.82) is 0 Å². The highest BCUT2D eigenvalue weighted by Crippen LogP contribution is 2.22. The van der Waals surface area contributed by atoms with E-state index < -0.39 is 0 Å². The van der Waals surface area contributed by atoms with E-state index in [4.69, 9.17) is 0 Å². The van der Waals surface area contributed by atoms with Crippen LogP contribution in [0.15, 0.2) is 29.1 Å². The molecule has 0 unspecified atom stereocenters. The standard InChI is InChI=1S/C14H16N2O/c1-9-7-12(8-10(2)11(9)3)13-5-6-14(17)16(4)15-13/h5-8H,1-4H3. The molecule has 0 fully saturated rings. The van der Waals surface area contributed by atoms with E-state index in [0.29, 0.717) is 0 Å². The number of benzene rings is 1. The molecule has 2 rings (SSSR count). The average molecular weight is 228 g/mol. The van der Waals surface area contributed by atoms with E-state index in [2.05, 4.69) is 38.0 Å². The van der Waals surface area contributed by atoms with Crippen LogP contribution in [0.25, 0.3) is 11.3 Å². The van der Waals surface area contributed by atoms with Crippen LogP contribution in [0.5, 0.6) is 0 Å². The third-order valence-electron chi connectivity index (χ3n) is 3.18. The Labute approximate surface area is 101 Å². The summed E-state index contributed by atoms with van der Waals surface area (Å²) in [6.07, 6.45) is 0. The molecule has 88 valence electrons. The Morgan fingerprint density at radius 1 is 1.06 bits per heavy atom. The number of hydrogen-bond donors (Lipinski definition) is 0. The fourth-order valence-corrected chi connectivity index (χ4v) is 1.84. The van der Waals surface area contributed by atoms with Gasteiger partial charge in [0.15, 0.2) is 0 Å². The fraction of sp³-hybridized carbons (Fsp3) is 0.286. The molecular formula is C14H16N2O. The normalized spacial score (nSPS) is 10.6. The molecule has 1 heterocycles. The van der Waals surface area contributed by atoms with Crippen LogP contribution in [0.1, 0.15) is 16.7 Å². The van der Waals surface area contributed by atoms with Gasteiger partial charge in [-0.05, 0) is 55.7 Å². The first-order chi connectivity index (χ1) is 7.99. The van der Waals surface area contributed by atoms with Crippen LogP contribution in [0.2, 0.25) is 0 Å². The zero-order chi connectivity index (χ0) is 12.6. The number of rotatable bonds is 1. The summed E-state index contributed by atoms with van der Waals surface area (Å²) in [6.45, 7) is 6.30. The molecule has 3 nitrogen and oxygen atoms in total. The van der Waals surface area contributed by atoms with Crippen molar-refractivity contribution in [1.82, 2.24) is 9.78 Å². The Bertz CT molecular complexity index is 603. The zero-order valence-electron chi connectivity index (χ0n) is 10.6. The van der Waals surface area contributed by atoms with Crippen LogP contribution in [0.3, 0.4) is 0 Å². The van der Waals surface area contributed by atoms with Crippen molar-refractivity contribution in [2.45, 2.75) is 20.8 Å². The molecule has 17 heavy (non-hydrogen) atoms. The van der Waals surface area contributed by atoms with Crippen molar-refractivity contribution in [3.63, 3.8) is 0 Å². The minimum Gasteiger partial charge on any atom is -0.268 e.